The number of carbonyl (C=O) groups is 3. The van der Waals surface area contributed by atoms with Gasteiger partial charge in [0, 0.05) is 28.1 Å². The van der Waals surface area contributed by atoms with E-state index in [0.29, 0.717) is 21.5 Å². The van der Waals surface area contributed by atoms with Crippen molar-refractivity contribution in [3.05, 3.63) is 67.5 Å². The lowest BCUT2D eigenvalue weighted by atomic mass is 9.85. The van der Waals surface area contributed by atoms with E-state index in [2.05, 4.69) is 26.2 Å². The normalized spacial score (nSPS) is 14.1. The number of carbonyl (C=O) groups excluding carboxylic acids is 3. The molecule has 2 aromatic heterocycles. The molecule has 0 radical (unpaired) electrons. The molecule has 0 saturated carbocycles. The third-order valence-electron chi connectivity index (χ3n) is 5.03. The van der Waals surface area contributed by atoms with Gasteiger partial charge in [-0.2, -0.15) is 0 Å². The van der Waals surface area contributed by atoms with Crippen molar-refractivity contribution in [2.45, 2.75) is 34.3 Å². The molecule has 34 heavy (non-hydrogen) atoms. The van der Waals surface area contributed by atoms with Crippen LogP contribution in [0.5, 0.6) is 0 Å². The van der Waals surface area contributed by atoms with Crippen LogP contribution >= 0.6 is 15.9 Å². The Labute approximate surface area is 203 Å². The highest BCUT2D eigenvalue weighted by molar-refractivity contribution is 9.10. The molecule has 0 atom stereocenters. The molecule has 3 heterocycles. The summed E-state index contributed by atoms with van der Waals surface area (Å²) in [6.07, 6.45) is 1.58. The second kappa shape index (κ2) is 10.6. The fourth-order valence-corrected chi connectivity index (χ4v) is 3.95. The van der Waals surface area contributed by atoms with Gasteiger partial charge < -0.3 is 19.5 Å². The maximum atomic E-state index is 13.2. The first-order valence-electron chi connectivity index (χ1n) is 10.5. The number of hydrogen-bond donors (Lipinski definition) is 1. The van der Waals surface area contributed by atoms with Gasteiger partial charge in [0.2, 0.25) is 0 Å². The zero-order valence-electron chi connectivity index (χ0n) is 19.1. The summed E-state index contributed by atoms with van der Waals surface area (Å²) in [5, 5.41) is 2.94. The van der Waals surface area contributed by atoms with E-state index in [9.17, 15) is 19.2 Å². The predicted octanol–water partition coefficient (Wildman–Crippen LogP) is 2.39. The minimum Gasteiger partial charge on any atom is -0.463 e. The van der Waals surface area contributed by atoms with E-state index in [1.807, 2.05) is 0 Å². The zero-order chi connectivity index (χ0) is 25.0. The van der Waals surface area contributed by atoms with E-state index in [0.717, 1.165) is 0 Å². The molecule has 0 fully saturated rings. The molecule has 0 aliphatic carbocycles. The van der Waals surface area contributed by atoms with Crippen LogP contribution in [0, 0.1) is 5.92 Å². The first-order chi connectivity index (χ1) is 16.2. The molecule has 0 amide bonds. The lowest BCUT2D eigenvalue weighted by Gasteiger charge is -2.28. The Morgan fingerprint density at radius 1 is 1.03 bits per heavy atom. The number of halogens is 1. The molecule has 1 N–H and O–H groups in total. The first kappa shape index (κ1) is 25.2. The predicted molar refractivity (Wildman–Crippen MR) is 124 cm³/mol. The van der Waals surface area contributed by atoms with Crippen LogP contribution in [0.2, 0.25) is 0 Å². The Morgan fingerprint density at radius 2 is 1.62 bits per heavy atom. The van der Waals surface area contributed by atoms with Crippen LogP contribution in [0.1, 0.15) is 33.4 Å². The highest BCUT2D eigenvalue weighted by Gasteiger charge is 2.42. The molecular formula is C23H24BrN3O7. The van der Waals surface area contributed by atoms with Crippen molar-refractivity contribution in [3.63, 3.8) is 0 Å². The fourth-order valence-electron chi connectivity index (χ4n) is 3.62. The molecular weight excluding hydrogens is 510 g/mol. The minimum atomic E-state index is -1.36. The Kier molecular flexibility index (Phi) is 7.87. The van der Waals surface area contributed by atoms with Crippen molar-refractivity contribution in [3.8, 4) is 0 Å². The van der Waals surface area contributed by atoms with Gasteiger partial charge >= 0.3 is 17.9 Å². The quantitative estimate of drug-likeness (QED) is 0.421. The summed E-state index contributed by atoms with van der Waals surface area (Å²) in [5.74, 6) is -3.74. The molecule has 10 nitrogen and oxygen atoms in total. The number of rotatable bonds is 7. The summed E-state index contributed by atoms with van der Waals surface area (Å²) in [6, 6.07) is 4.61. The average molecular weight is 534 g/mol. The largest absolute Gasteiger partial charge is 0.463 e. The average Bonchev–Trinajstić information content (AvgIpc) is 2.77. The van der Waals surface area contributed by atoms with Gasteiger partial charge in [-0.15, -0.1) is 0 Å². The third kappa shape index (κ3) is 5.19. The number of nitrogens with zero attached hydrogens (tertiary/aromatic N) is 2. The monoisotopic (exact) mass is 533 g/mol. The number of esters is 3. The van der Waals surface area contributed by atoms with Gasteiger partial charge in [-0.25, -0.2) is 14.6 Å². The number of fused-ring (bicyclic) bond motifs is 1. The van der Waals surface area contributed by atoms with Crippen LogP contribution in [0.15, 0.2) is 56.2 Å². The molecule has 1 aliphatic rings. The Bertz CT molecular complexity index is 1240. The number of dihydropyridines is 1. The number of nitrogens with one attached hydrogen (secondary N) is 1. The summed E-state index contributed by atoms with van der Waals surface area (Å²) in [4.78, 5) is 55.4. The molecule has 180 valence electrons. The van der Waals surface area contributed by atoms with Gasteiger partial charge in [0.15, 0.2) is 0 Å². The topological polar surface area (TPSA) is 125 Å². The van der Waals surface area contributed by atoms with Gasteiger partial charge in [-0.1, -0.05) is 0 Å². The lowest BCUT2D eigenvalue weighted by molar-refractivity contribution is -0.152. The van der Waals surface area contributed by atoms with Gasteiger partial charge in [-0.3, -0.25) is 14.0 Å². The number of pyridine rings is 1. The van der Waals surface area contributed by atoms with Crippen molar-refractivity contribution < 1.29 is 28.6 Å². The van der Waals surface area contributed by atoms with Crippen LogP contribution < -0.4 is 10.9 Å². The van der Waals surface area contributed by atoms with Gasteiger partial charge in [0.1, 0.15) is 18.2 Å². The van der Waals surface area contributed by atoms with Crippen molar-refractivity contribution in [2.24, 2.45) is 5.92 Å². The molecule has 11 heteroatoms. The molecule has 1 aliphatic heterocycles. The third-order valence-corrected chi connectivity index (χ3v) is 5.49. The lowest BCUT2D eigenvalue weighted by Crippen LogP contribution is -2.38. The number of hydrogen-bond acceptors (Lipinski definition) is 9. The number of aromatic nitrogens is 2. The number of allylic oxidation sites excluding steroid dienone is 2. The van der Waals surface area contributed by atoms with Crippen LogP contribution in [0.4, 0.5) is 0 Å². The highest BCUT2D eigenvalue weighted by Crippen LogP contribution is 2.32. The molecule has 2 aromatic rings. The van der Waals surface area contributed by atoms with E-state index in [1.54, 1.807) is 46.0 Å². The highest BCUT2D eigenvalue weighted by atomic mass is 79.9. The van der Waals surface area contributed by atoms with E-state index in [1.165, 1.54) is 10.5 Å². The van der Waals surface area contributed by atoms with E-state index >= 15 is 0 Å². The summed E-state index contributed by atoms with van der Waals surface area (Å²) >= 11 is 3.30. The first-order valence-corrected chi connectivity index (χ1v) is 11.3. The Hall–Kier alpha value is -3.47. The summed E-state index contributed by atoms with van der Waals surface area (Å²) in [5.41, 5.74) is 0.858. The van der Waals surface area contributed by atoms with Crippen molar-refractivity contribution in [2.75, 3.05) is 13.2 Å². The van der Waals surface area contributed by atoms with E-state index in [4.69, 9.17) is 14.2 Å². The zero-order valence-corrected chi connectivity index (χ0v) is 20.7. The van der Waals surface area contributed by atoms with Crippen molar-refractivity contribution in [1.29, 1.82) is 0 Å². The Balaban J connectivity index is 1.94. The smallest absolute Gasteiger partial charge is 0.337 e. The molecule has 0 bridgehead atoms. The van der Waals surface area contributed by atoms with Gasteiger partial charge in [0.05, 0.1) is 30.1 Å². The van der Waals surface area contributed by atoms with Crippen LogP contribution in [0.25, 0.3) is 5.65 Å². The molecule has 0 aromatic carbocycles. The second-order valence-corrected chi connectivity index (χ2v) is 8.26. The van der Waals surface area contributed by atoms with Crippen LogP contribution in [0.3, 0.4) is 0 Å². The summed E-state index contributed by atoms with van der Waals surface area (Å²) in [6.45, 7) is 6.28. The van der Waals surface area contributed by atoms with Crippen molar-refractivity contribution >= 4 is 39.5 Å². The molecule has 0 saturated heterocycles. The van der Waals surface area contributed by atoms with E-state index in [-0.39, 0.29) is 42.2 Å². The summed E-state index contributed by atoms with van der Waals surface area (Å²) in [7, 11) is 0. The van der Waals surface area contributed by atoms with Crippen LogP contribution in [-0.2, 0) is 35.2 Å². The molecule has 0 spiro atoms. The second-order valence-electron chi connectivity index (χ2n) is 7.35. The SMILES string of the molecule is CCOC(=O)C1=C(C)NC(C)=C(C(=O)OCC)C1C(=O)OCc1cc(=O)n2cc(Br)ccc2n1. The van der Waals surface area contributed by atoms with Gasteiger partial charge in [0.25, 0.3) is 5.56 Å². The number of ether oxygens (including phenoxy) is 3. The Morgan fingerprint density at radius 3 is 2.18 bits per heavy atom. The van der Waals surface area contributed by atoms with Crippen LogP contribution in [-0.4, -0.2) is 40.5 Å². The van der Waals surface area contributed by atoms with Gasteiger partial charge in [-0.05, 0) is 55.8 Å². The minimum absolute atomic E-state index is 0.0445. The van der Waals surface area contributed by atoms with E-state index < -0.39 is 23.8 Å². The maximum Gasteiger partial charge on any atom is 0.337 e. The maximum absolute atomic E-state index is 13.2. The molecule has 3 rings (SSSR count). The standard InChI is InChI=1S/C23H24BrN3O7/c1-5-32-21(29)18-12(3)25-13(4)19(22(30)33-6-2)20(18)23(31)34-11-15-9-17(28)27-10-14(24)7-8-16(27)26-15/h7-10,20,25H,5-6,11H2,1-4H3. The fraction of sp³-hybridized carbons (Fsp3) is 0.348. The molecule has 0 unspecified atom stereocenters. The van der Waals surface area contributed by atoms with Crippen molar-refractivity contribution in [1.82, 2.24) is 14.7 Å². The summed E-state index contributed by atoms with van der Waals surface area (Å²) < 4.78 is 17.7.